The number of fused-ring (bicyclic) bond motifs is 1. The summed E-state index contributed by atoms with van der Waals surface area (Å²) in [4.78, 5) is 46.3. The molecule has 0 radical (unpaired) electrons. The number of carbonyl (C=O) groups excluding carboxylic acids is 3. The fourth-order valence-electron chi connectivity index (χ4n) is 5.48. The van der Waals surface area contributed by atoms with E-state index < -0.39 is 24.0 Å². The molecule has 0 saturated carbocycles. The summed E-state index contributed by atoms with van der Waals surface area (Å²) in [5.74, 6) is -0.975. The molecule has 5 rings (SSSR count). The number of aryl methyl sites for hydroxylation is 2. The Morgan fingerprint density at radius 2 is 1.51 bits per heavy atom. The van der Waals surface area contributed by atoms with E-state index in [1.54, 1.807) is 7.05 Å². The van der Waals surface area contributed by atoms with Crippen molar-refractivity contribution >= 4 is 40.4 Å². The molecular formula is C37H37N3O4S. The van der Waals surface area contributed by atoms with Crippen LogP contribution in [0.5, 0.6) is 0 Å². The van der Waals surface area contributed by atoms with Crippen molar-refractivity contribution in [3.8, 4) is 11.1 Å². The van der Waals surface area contributed by atoms with Gasteiger partial charge in [0.1, 0.15) is 12.1 Å². The van der Waals surface area contributed by atoms with Crippen LogP contribution in [0.1, 0.15) is 27.0 Å². The maximum absolute atomic E-state index is 14.0. The first kappa shape index (κ1) is 31.6. The van der Waals surface area contributed by atoms with Gasteiger partial charge in [-0.05, 0) is 60.9 Å². The molecule has 45 heavy (non-hydrogen) atoms. The second-order valence-electron chi connectivity index (χ2n) is 11.2. The van der Waals surface area contributed by atoms with Gasteiger partial charge in [0.25, 0.3) is 5.91 Å². The lowest BCUT2D eigenvalue weighted by atomic mass is 10.0. The van der Waals surface area contributed by atoms with E-state index in [0.717, 1.165) is 43.6 Å². The van der Waals surface area contributed by atoms with Crippen molar-refractivity contribution in [1.29, 1.82) is 0 Å². The molecule has 2 N–H and O–H groups in total. The van der Waals surface area contributed by atoms with Crippen LogP contribution in [0.2, 0.25) is 0 Å². The van der Waals surface area contributed by atoms with Crippen molar-refractivity contribution in [2.45, 2.75) is 37.2 Å². The summed E-state index contributed by atoms with van der Waals surface area (Å²) >= 11 is 1.48. The number of likely N-dealkylation sites (N-methyl/N-ethyl adjacent to an activating group) is 1. The number of nitrogens with one attached hydrogen (secondary N) is 2. The summed E-state index contributed by atoms with van der Waals surface area (Å²) in [7, 11) is 2.94. The monoisotopic (exact) mass is 619 g/mol. The standard InChI is InChI=1S/C37H37N3O4S/c1-24-18-25(2)20-28(19-24)36(42)40(3)34(23-45-30-16-14-27(15-17-30)26-10-6-5-7-11-26)35(41)39-33(37(43)44-4)21-29-22-38-32-13-9-8-12-31(29)32/h5-20,22,33-34,38H,21,23H2,1-4H3,(H,39,41)/t33-,34-/m0/s1. The third-order valence-electron chi connectivity index (χ3n) is 7.83. The summed E-state index contributed by atoms with van der Waals surface area (Å²) in [5.41, 5.74) is 6.46. The summed E-state index contributed by atoms with van der Waals surface area (Å²) < 4.78 is 5.08. The van der Waals surface area contributed by atoms with Crippen LogP contribution in [0.15, 0.2) is 108 Å². The van der Waals surface area contributed by atoms with Crippen LogP contribution in [-0.2, 0) is 20.7 Å². The molecule has 0 unspecified atom stereocenters. The smallest absolute Gasteiger partial charge is 0.328 e. The molecule has 0 aliphatic carbocycles. The Morgan fingerprint density at radius 3 is 2.20 bits per heavy atom. The fraction of sp³-hybridized carbons (Fsp3) is 0.216. The quantitative estimate of drug-likeness (QED) is 0.129. The van der Waals surface area contributed by atoms with Gasteiger partial charge in [0, 0.05) is 46.8 Å². The average Bonchev–Trinajstić information content (AvgIpc) is 3.46. The van der Waals surface area contributed by atoms with Crippen LogP contribution in [0.4, 0.5) is 0 Å². The molecular weight excluding hydrogens is 582 g/mol. The molecule has 230 valence electrons. The third kappa shape index (κ3) is 7.64. The zero-order valence-corrected chi connectivity index (χ0v) is 26.7. The lowest BCUT2D eigenvalue weighted by molar-refractivity contribution is -0.145. The number of H-pyrrole nitrogens is 1. The molecule has 1 aromatic heterocycles. The van der Waals surface area contributed by atoms with Crippen molar-refractivity contribution in [3.63, 3.8) is 0 Å². The number of benzene rings is 4. The molecule has 2 amide bonds. The summed E-state index contributed by atoms with van der Waals surface area (Å²) in [6, 6.07) is 29.9. The Labute approximate surface area is 268 Å². The number of carbonyl (C=O) groups is 3. The molecule has 0 aliphatic heterocycles. The molecule has 0 spiro atoms. The highest BCUT2D eigenvalue weighted by Crippen LogP contribution is 2.26. The van der Waals surface area contributed by atoms with E-state index in [2.05, 4.69) is 22.4 Å². The molecule has 8 heteroatoms. The first-order chi connectivity index (χ1) is 21.7. The number of ether oxygens (including phenoxy) is 1. The number of hydrogen-bond donors (Lipinski definition) is 2. The molecule has 0 saturated heterocycles. The molecule has 0 bridgehead atoms. The van der Waals surface area contributed by atoms with E-state index in [1.165, 1.54) is 23.8 Å². The van der Waals surface area contributed by atoms with Gasteiger partial charge in [-0.1, -0.05) is 77.9 Å². The number of thioether (sulfide) groups is 1. The topological polar surface area (TPSA) is 91.5 Å². The van der Waals surface area contributed by atoms with Crippen LogP contribution in [0, 0.1) is 13.8 Å². The lowest BCUT2D eigenvalue weighted by Gasteiger charge is -2.29. The van der Waals surface area contributed by atoms with Crippen molar-refractivity contribution in [1.82, 2.24) is 15.2 Å². The van der Waals surface area contributed by atoms with Gasteiger partial charge < -0.3 is 19.9 Å². The Hall–Kier alpha value is -4.82. The number of esters is 1. The Kier molecular flexibility index (Phi) is 10.0. The predicted molar refractivity (Wildman–Crippen MR) is 180 cm³/mol. The lowest BCUT2D eigenvalue weighted by Crippen LogP contribution is -2.54. The first-order valence-electron chi connectivity index (χ1n) is 14.8. The first-order valence-corrected chi connectivity index (χ1v) is 15.8. The minimum Gasteiger partial charge on any atom is -0.467 e. The zero-order valence-electron chi connectivity index (χ0n) is 25.9. The summed E-state index contributed by atoms with van der Waals surface area (Å²) in [6.45, 7) is 3.88. The van der Waals surface area contributed by atoms with Gasteiger partial charge in [-0.2, -0.15) is 0 Å². The van der Waals surface area contributed by atoms with E-state index in [0.29, 0.717) is 5.56 Å². The number of aromatic amines is 1. The summed E-state index contributed by atoms with van der Waals surface area (Å²) in [5, 5.41) is 3.88. The largest absolute Gasteiger partial charge is 0.467 e. The molecule has 2 atom stereocenters. The van der Waals surface area contributed by atoms with Crippen molar-refractivity contribution in [2.24, 2.45) is 0 Å². The molecule has 7 nitrogen and oxygen atoms in total. The Morgan fingerprint density at radius 1 is 0.867 bits per heavy atom. The van der Waals surface area contributed by atoms with Gasteiger partial charge in [0.15, 0.2) is 0 Å². The Bertz CT molecular complexity index is 1780. The van der Waals surface area contributed by atoms with Crippen LogP contribution in [-0.4, -0.2) is 59.7 Å². The maximum atomic E-state index is 14.0. The van der Waals surface area contributed by atoms with Crippen molar-refractivity contribution in [3.05, 3.63) is 126 Å². The van der Waals surface area contributed by atoms with Crippen LogP contribution >= 0.6 is 11.8 Å². The molecule has 5 aromatic rings. The van der Waals surface area contributed by atoms with Crippen molar-refractivity contribution < 1.29 is 19.1 Å². The zero-order chi connectivity index (χ0) is 31.9. The Balaban J connectivity index is 1.39. The minimum atomic E-state index is -0.941. The fourth-order valence-corrected chi connectivity index (χ4v) is 6.53. The number of para-hydroxylation sites is 1. The number of aromatic nitrogens is 1. The van der Waals surface area contributed by atoms with E-state index in [1.807, 2.05) is 105 Å². The molecule has 0 fully saturated rings. The summed E-state index contributed by atoms with van der Waals surface area (Å²) in [6.07, 6.45) is 2.08. The number of hydrogen-bond acceptors (Lipinski definition) is 5. The predicted octanol–water partition coefficient (Wildman–Crippen LogP) is 6.59. The van der Waals surface area contributed by atoms with Crippen molar-refractivity contribution in [2.75, 3.05) is 19.9 Å². The number of nitrogens with zero attached hydrogens (tertiary/aromatic N) is 1. The highest BCUT2D eigenvalue weighted by molar-refractivity contribution is 7.99. The molecule has 0 aliphatic rings. The number of amides is 2. The van der Waals surface area contributed by atoms with E-state index in [9.17, 15) is 14.4 Å². The second kappa shape index (κ2) is 14.3. The highest BCUT2D eigenvalue weighted by atomic mass is 32.2. The number of rotatable bonds is 11. The number of methoxy groups -OCH3 is 1. The van der Waals surface area contributed by atoms with E-state index in [-0.39, 0.29) is 18.1 Å². The maximum Gasteiger partial charge on any atom is 0.328 e. The minimum absolute atomic E-state index is 0.234. The average molecular weight is 620 g/mol. The van der Waals surface area contributed by atoms with Gasteiger partial charge in [-0.25, -0.2) is 4.79 Å². The van der Waals surface area contributed by atoms with Gasteiger partial charge >= 0.3 is 5.97 Å². The molecule has 1 heterocycles. The second-order valence-corrected chi connectivity index (χ2v) is 12.3. The van der Waals surface area contributed by atoms with Crippen LogP contribution < -0.4 is 5.32 Å². The SMILES string of the molecule is COC(=O)[C@H](Cc1c[nH]c2ccccc12)NC(=O)[C@H](CSc1ccc(-c2ccccc2)cc1)N(C)C(=O)c1cc(C)cc(C)c1. The molecule has 4 aromatic carbocycles. The van der Waals surface area contributed by atoms with Gasteiger partial charge in [-0.3, -0.25) is 9.59 Å². The van der Waals surface area contributed by atoms with Crippen LogP contribution in [0.25, 0.3) is 22.0 Å². The van der Waals surface area contributed by atoms with Gasteiger partial charge in [-0.15, -0.1) is 11.8 Å². The highest BCUT2D eigenvalue weighted by Gasteiger charge is 2.32. The van der Waals surface area contributed by atoms with Gasteiger partial charge in [0.2, 0.25) is 5.91 Å². The van der Waals surface area contributed by atoms with E-state index >= 15 is 0 Å². The van der Waals surface area contributed by atoms with Gasteiger partial charge in [0.05, 0.1) is 7.11 Å². The van der Waals surface area contributed by atoms with E-state index in [4.69, 9.17) is 4.74 Å². The van der Waals surface area contributed by atoms with Crippen LogP contribution in [0.3, 0.4) is 0 Å². The third-order valence-corrected chi connectivity index (χ3v) is 8.92. The normalized spacial score (nSPS) is 12.4.